The molecule has 0 spiro atoms. The van der Waals surface area contributed by atoms with E-state index in [1.807, 2.05) is 52.8 Å². The molecule has 0 aliphatic heterocycles. The van der Waals surface area contributed by atoms with Crippen molar-refractivity contribution >= 4 is 47.6 Å². The molecule has 0 aromatic heterocycles. The molecule has 70 heavy (non-hydrogen) atoms. The number of unbranched alkanes of at least 4 members (excludes halogenated alkanes) is 3. The SMILES string of the molecule is CC.CC1CCCCC1.CCCC.CCCCC(NC(=O)CCCCNC(=O)CC)C(=O)C(=O)NCC(=O)NC(C(=O)N(C)C)c1ccccc1.C\C=C/C=C(\C=C\CC(=O)CCC)CCC.O=CO. The summed E-state index contributed by atoms with van der Waals surface area (Å²) >= 11 is 0. The monoisotopic (exact) mass is 984 g/mol. The number of carbonyl (C=O) groups is 8. The minimum absolute atomic E-state index is 0.0562. The maximum atomic E-state index is 12.8. The minimum atomic E-state index is -1.00. The molecule has 0 heterocycles. The average Bonchev–Trinajstić information content (AvgIpc) is 3.36. The van der Waals surface area contributed by atoms with Crippen molar-refractivity contribution in [3.05, 3.63) is 71.8 Å². The summed E-state index contributed by atoms with van der Waals surface area (Å²) in [4.78, 5) is 95.0. The number of amides is 5. The Hall–Kier alpha value is -5.40. The van der Waals surface area contributed by atoms with Gasteiger partial charge >= 0.3 is 0 Å². The molecular formula is C56H97N5O9. The predicted octanol–water partition coefficient (Wildman–Crippen LogP) is 10.7. The number of rotatable bonds is 26. The highest BCUT2D eigenvalue weighted by Crippen LogP contribution is 2.22. The van der Waals surface area contributed by atoms with Crippen molar-refractivity contribution in [3.63, 3.8) is 0 Å². The third kappa shape index (κ3) is 42.7. The van der Waals surface area contributed by atoms with Gasteiger partial charge in [-0.1, -0.05) is 187 Å². The Morgan fingerprint density at radius 3 is 1.83 bits per heavy atom. The summed E-state index contributed by atoms with van der Waals surface area (Å²) in [5.74, 6) is -1.85. The van der Waals surface area contributed by atoms with Crippen LogP contribution in [0.5, 0.6) is 0 Å². The second-order valence-corrected chi connectivity index (χ2v) is 16.9. The molecule has 0 bridgehead atoms. The fourth-order valence-corrected chi connectivity index (χ4v) is 6.28. The molecule has 1 aromatic rings. The van der Waals surface area contributed by atoms with Crippen LogP contribution in [0.2, 0.25) is 0 Å². The summed E-state index contributed by atoms with van der Waals surface area (Å²) in [5.41, 5.74) is 1.88. The minimum Gasteiger partial charge on any atom is -0.483 e. The summed E-state index contributed by atoms with van der Waals surface area (Å²) in [6.45, 7) is 20.3. The Morgan fingerprint density at radius 1 is 0.743 bits per heavy atom. The highest BCUT2D eigenvalue weighted by Gasteiger charge is 2.28. The van der Waals surface area contributed by atoms with Crippen molar-refractivity contribution in [2.24, 2.45) is 5.92 Å². The molecule has 1 aliphatic carbocycles. The number of allylic oxidation sites excluding steroid dienone is 6. The van der Waals surface area contributed by atoms with Gasteiger partial charge in [-0.15, -0.1) is 0 Å². The number of ketones is 2. The third-order valence-electron chi connectivity index (χ3n) is 10.4. The molecule has 5 amide bonds. The zero-order valence-electron chi connectivity index (χ0n) is 45.6. The molecule has 14 nitrogen and oxygen atoms in total. The van der Waals surface area contributed by atoms with Crippen molar-refractivity contribution < 1.29 is 43.5 Å². The molecule has 0 saturated heterocycles. The Labute approximate surface area is 424 Å². The van der Waals surface area contributed by atoms with Gasteiger partial charge in [-0.05, 0) is 56.1 Å². The molecule has 2 unspecified atom stereocenters. The van der Waals surface area contributed by atoms with Gasteiger partial charge in [-0.3, -0.25) is 38.4 Å². The lowest BCUT2D eigenvalue weighted by molar-refractivity contribution is -0.141. The predicted molar refractivity (Wildman–Crippen MR) is 287 cm³/mol. The summed E-state index contributed by atoms with van der Waals surface area (Å²) < 4.78 is 0. The Balaban J connectivity index is -0.000000550. The van der Waals surface area contributed by atoms with Crippen LogP contribution in [0.1, 0.15) is 203 Å². The highest BCUT2D eigenvalue weighted by molar-refractivity contribution is 6.38. The van der Waals surface area contributed by atoms with E-state index in [0.29, 0.717) is 62.8 Å². The van der Waals surface area contributed by atoms with E-state index >= 15 is 0 Å². The molecule has 5 N–H and O–H groups in total. The van der Waals surface area contributed by atoms with Crippen LogP contribution >= 0.6 is 0 Å². The van der Waals surface area contributed by atoms with E-state index in [2.05, 4.69) is 61.1 Å². The Kier molecular flexibility index (Phi) is 52.3. The molecule has 1 aliphatic rings. The average molecular weight is 984 g/mol. The maximum Gasteiger partial charge on any atom is 0.290 e. The molecule has 2 atom stereocenters. The van der Waals surface area contributed by atoms with Crippen LogP contribution in [-0.2, 0) is 38.4 Å². The summed E-state index contributed by atoms with van der Waals surface area (Å²) in [6.07, 6.45) is 28.1. The molecule has 1 saturated carbocycles. The number of nitrogens with zero attached hydrogens (tertiary/aromatic N) is 1. The first-order chi connectivity index (χ1) is 33.6. The quantitative estimate of drug-likeness (QED) is 0.0259. The molecule has 2 rings (SSSR count). The van der Waals surface area contributed by atoms with Gasteiger partial charge < -0.3 is 31.3 Å². The zero-order valence-corrected chi connectivity index (χ0v) is 45.6. The van der Waals surface area contributed by atoms with E-state index in [0.717, 1.165) is 31.6 Å². The number of carbonyl (C=O) groups excluding carboxylic acids is 7. The molecule has 1 fully saturated rings. The maximum absolute atomic E-state index is 12.8. The normalized spacial score (nSPS) is 12.7. The van der Waals surface area contributed by atoms with E-state index in [1.54, 1.807) is 51.4 Å². The van der Waals surface area contributed by atoms with E-state index in [9.17, 15) is 33.6 Å². The van der Waals surface area contributed by atoms with Gasteiger partial charge in [0, 0.05) is 46.3 Å². The Morgan fingerprint density at radius 2 is 1.34 bits per heavy atom. The van der Waals surface area contributed by atoms with Gasteiger partial charge in [-0.25, -0.2) is 0 Å². The third-order valence-corrected chi connectivity index (χ3v) is 10.4. The zero-order chi connectivity index (χ0) is 54.0. The van der Waals surface area contributed by atoms with E-state index in [4.69, 9.17) is 9.90 Å². The number of hydrogen-bond acceptors (Lipinski definition) is 8. The standard InChI is InChI=1S/C27H41N5O6.C15H24O.C7H14.C4H10.C2H6.CH2O2/c1-5-7-15-20(30-22(34)16-11-12-17-28-21(33)6-2)25(36)26(37)29-18-23(35)31-24(27(38)32(3)4)19-13-9-8-10-14-19;1-4-7-11-14(9-5-2)12-8-13-15(16)10-6-3;1-7-5-3-2-4-6-7;1-3-4-2;1-2;2-1-3/h8-10,13-14,20,24H,5-7,11-12,15-18H2,1-4H3,(H,28,33)(H,29,37)(H,30,34)(H,31,35);4,7-8,11-12H,5-6,9-10,13H2,1-3H3;7H,2-6H2,1H3;3-4H2,1-2H3;1-2H3;1H,(H,2,3)/b;7-4-,12-8+,14-11-;;;;. The van der Waals surface area contributed by atoms with Crippen LogP contribution in [0.4, 0.5) is 0 Å². The van der Waals surface area contributed by atoms with Gasteiger partial charge in [0.25, 0.3) is 12.4 Å². The van der Waals surface area contributed by atoms with Gasteiger partial charge in [0.15, 0.2) is 0 Å². The fourth-order valence-electron chi connectivity index (χ4n) is 6.28. The molecular weight excluding hydrogens is 887 g/mol. The van der Waals surface area contributed by atoms with E-state index in [1.165, 1.54) is 55.4 Å². The number of benzene rings is 1. The van der Waals surface area contributed by atoms with E-state index < -0.39 is 36.2 Å². The molecule has 14 heteroatoms. The number of likely N-dealkylation sites (N-methyl/N-ethyl adjacent to an activating group) is 1. The first-order valence-electron chi connectivity index (χ1n) is 26.1. The summed E-state index contributed by atoms with van der Waals surface area (Å²) in [5, 5.41) is 17.1. The van der Waals surface area contributed by atoms with Crippen molar-refractivity contribution in [1.82, 2.24) is 26.2 Å². The van der Waals surface area contributed by atoms with Crippen LogP contribution < -0.4 is 21.3 Å². The lowest BCUT2D eigenvalue weighted by atomic mass is 9.91. The summed E-state index contributed by atoms with van der Waals surface area (Å²) in [7, 11) is 3.14. The second-order valence-electron chi connectivity index (χ2n) is 16.9. The van der Waals surface area contributed by atoms with Crippen molar-refractivity contribution in [2.75, 3.05) is 27.2 Å². The largest absolute Gasteiger partial charge is 0.483 e. The molecule has 0 radical (unpaired) electrons. The van der Waals surface area contributed by atoms with Crippen molar-refractivity contribution in [1.29, 1.82) is 0 Å². The van der Waals surface area contributed by atoms with Crippen LogP contribution in [0.3, 0.4) is 0 Å². The van der Waals surface area contributed by atoms with Gasteiger partial charge in [0.05, 0.1) is 12.6 Å². The molecule has 1 aromatic carbocycles. The lowest BCUT2D eigenvalue weighted by Gasteiger charge is -2.22. The first kappa shape index (κ1) is 71.2. The van der Waals surface area contributed by atoms with Gasteiger partial charge in [-0.2, -0.15) is 0 Å². The Bertz CT molecular complexity index is 1620. The smallest absolute Gasteiger partial charge is 0.290 e. The van der Waals surface area contributed by atoms with E-state index in [-0.39, 0.29) is 30.6 Å². The van der Waals surface area contributed by atoms with Crippen molar-refractivity contribution in [2.45, 2.75) is 203 Å². The number of carboxylic acid groups (broad SMARTS) is 1. The lowest BCUT2D eigenvalue weighted by Crippen LogP contribution is -2.50. The number of hydrogen-bond donors (Lipinski definition) is 5. The topological polar surface area (TPSA) is 208 Å². The second kappa shape index (κ2) is 51.5. The van der Waals surface area contributed by atoms with Crippen LogP contribution in [0.25, 0.3) is 0 Å². The first-order valence-corrected chi connectivity index (χ1v) is 26.1. The summed E-state index contributed by atoms with van der Waals surface area (Å²) in [6, 6.07) is 6.73. The highest BCUT2D eigenvalue weighted by atomic mass is 16.3. The molecule has 400 valence electrons. The van der Waals surface area contributed by atoms with Gasteiger partial charge in [0.1, 0.15) is 11.8 Å². The van der Waals surface area contributed by atoms with Crippen molar-refractivity contribution in [3.8, 4) is 0 Å². The van der Waals surface area contributed by atoms with Crippen LogP contribution in [-0.4, -0.2) is 90.8 Å². The number of Topliss-reactive ketones (excluding diaryl/α,β-unsaturated/α-hetero) is 2. The van der Waals surface area contributed by atoms with Gasteiger partial charge in [0.2, 0.25) is 29.4 Å². The van der Waals surface area contributed by atoms with Crippen LogP contribution in [0.15, 0.2) is 66.3 Å². The fraction of sp³-hybridized carbons (Fsp3) is 0.643. The number of nitrogens with one attached hydrogen (secondary N) is 4. The van der Waals surface area contributed by atoms with Crippen LogP contribution in [0, 0.1) is 5.92 Å².